The Hall–Kier alpha value is -3.06. The Morgan fingerprint density at radius 2 is 1.39 bits per heavy atom. The van der Waals surface area contributed by atoms with Gasteiger partial charge >= 0.3 is 0 Å². The van der Waals surface area contributed by atoms with Crippen LogP contribution in [0.15, 0.2) is 48.5 Å². The highest BCUT2D eigenvalue weighted by Crippen LogP contribution is 2.15. The predicted molar refractivity (Wildman–Crippen MR) is 119 cm³/mol. The Kier molecular flexibility index (Phi) is 8.29. The molecular weight excluding hydrogens is 394 g/mol. The van der Waals surface area contributed by atoms with Gasteiger partial charge in [0.2, 0.25) is 5.91 Å². The smallest absolute Gasteiger partial charge is 0.251 e. The van der Waals surface area contributed by atoms with E-state index in [1.54, 1.807) is 24.3 Å². The van der Waals surface area contributed by atoms with Gasteiger partial charge in [-0.3, -0.25) is 14.5 Å². The summed E-state index contributed by atoms with van der Waals surface area (Å²) in [5.41, 5.74) is 1.74. The first-order chi connectivity index (χ1) is 15.1. The fraction of sp³-hybridized carbons (Fsp3) is 0.417. The molecule has 1 N–H and O–H groups in total. The highest BCUT2D eigenvalue weighted by Gasteiger charge is 2.21. The number of nitrogens with zero attached hydrogens (tertiary/aromatic N) is 2. The zero-order chi connectivity index (χ0) is 22.1. The van der Waals surface area contributed by atoms with Crippen LogP contribution in [0.3, 0.4) is 0 Å². The van der Waals surface area contributed by atoms with E-state index in [1.165, 1.54) is 5.56 Å². The maximum atomic E-state index is 12.5. The zero-order valence-corrected chi connectivity index (χ0v) is 18.3. The monoisotopic (exact) mass is 425 g/mol. The summed E-state index contributed by atoms with van der Waals surface area (Å²) in [5, 5.41) is 2.72. The predicted octanol–water partition coefficient (Wildman–Crippen LogP) is 2.56. The van der Waals surface area contributed by atoms with E-state index in [9.17, 15) is 9.59 Å². The van der Waals surface area contributed by atoms with Crippen LogP contribution in [-0.2, 0) is 11.3 Å². The lowest BCUT2D eigenvalue weighted by atomic mass is 10.2. The molecule has 1 saturated heterocycles. The van der Waals surface area contributed by atoms with Crippen LogP contribution in [-0.4, -0.2) is 67.6 Å². The maximum Gasteiger partial charge on any atom is 0.251 e. The lowest BCUT2D eigenvalue weighted by Crippen LogP contribution is -2.50. The summed E-state index contributed by atoms with van der Waals surface area (Å²) in [6.07, 6.45) is 0. The number of hydrogen-bond donors (Lipinski definition) is 1. The number of ether oxygens (including phenoxy) is 2. The van der Waals surface area contributed by atoms with Gasteiger partial charge in [0.15, 0.2) is 0 Å². The molecule has 1 aliphatic rings. The molecule has 1 aliphatic heterocycles. The third kappa shape index (κ3) is 6.72. The number of hydrogen-bond acceptors (Lipinski definition) is 5. The number of carbonyl (C=O) groups excluding carboxylic acids is 2. The van der Waals surface area contributed by atoms with E-state index in [4.69, 9.17) is 9.47 Å². The van der Waals surface area contributed by atoms with Crippen LogP contribution in [0.2, 0.25) is 0 Å². The minimum atomic E-state index is -0.259. The van der Waals surface area contributed by atoms with Gasteiger partial charge < -0.3 is 19.7 Å². The molecule has 0 saturated carbocycles. The molecular formula is C24H31N3O4. The molecule has 2 aromatic rings. The average Bonchev–Trinajstić information content (AvgIpc) is 2.80. The van der Waals surface area contributed by atoms with Gasteiger partial charge in [0.1, 0.15) is 11.5 Å². The van der Waals surface area contributed by atoms with Crippen molar-refractivity contribution in [3.63, 3.8) is 0 Å². The van der Waals surface area contributed by atoms with Gasteiger partial charge in [0, 0.05) is 38.3 Å². The van der Waals surface area contributed by atoms with Gasteiger partial charge in [-0.05, 0) is 55.8 Å². The molecule has 7 heteroatoms. The van der Waals surface area contributed by atoms with E-state index in [1.807, 2.05) is 30.9 Å². The molecule has 2 amide bonds. The Labute approximate surface area is 183 Å². The molecule has 0 aromatic heterocycles. The third-order valence-electron chi connectivity index (χ3n) is 5.19. The van der Waals surface area contributed by atoms with Gasteiger partial charge in [-0.1, -0.05) is 12.1 Å². The van der Waals surface area contributed by atoms with Crippen molar-refractivity contribution >= 4 is 11.8 Å². The van der Waals surface area contributed by atoms with Crippen LogP contribution in [0.25, 0.3) is 0 Å². The van der Waals surface area contributed by atoms with Crippen molar-refractivity contribution in [1.82, 2.24) is 15.1 Å². The first-order valence-electron chi connectivity index (χ1n) is 10.8. The quantitative estimate of drug-likeness (QED) is 0.669. The van der Waals surface area contributed by atoms with Gasteiger partial charge in [0.25, 0.3) is 5.91 Å². The summed E-state index contributed by atoms with van der Waals surface area (Å²) < 4.78 is 10.9. The third-order valence-corrected chi connectivity index (χ3v) is 5.19. The Balaban J connectivity index is 1.40. The maximum absolute atomic E-state index is 12.5. The lowest BCUT2D eigenvalue weighted by molar-refractivity contribution is -0.131. The molecule has 1 heterocycles. The van der Waals surface area contributed by atoms with Crippen molar-refractivity contribution in [3.8, 4) is 11.5 Å². The second kappa shape index (κ2) is 11.4. The van der Waals surface area contributed by atoms with Crippen LogP contribution in [0, 0.1) is 0 Å². The second-order valence-electron chi connectivity index (χ2n) is 7.37. The van der Waals surface area contributed by atoms with E-state index < -0.39 is 0 Å². The van der Waals surface area contributed by atoms with E-state index >= 15 is 0 Å². The number of piperazine rings is 1. The summed E-state index contributed by atoms with van der Waals surface area (Å²) in [6.45, 7) is 8.92. The largest absolute Gasteiger partial charge is 0.494 e. The van der Waals surface area contributed by atoms with Crippen molar-refractivity contribution in [1.29, 1.82) is 0 Å². The molecule has 0 unspecified atom stereocenters. The van der Waals surface area contributed by atoms with Crippen molar-refractivity contribution < 1.29 is 19.1 Å². The highest BCUT2D eigenvalue weighted by atomic mass is 16.5. The summed E-state index contributed by atoms with van der Waals surface area (Å²) in [4.78, 5) is 28.9. The Morgan fingerprint density at radius 1 is 0.839 bits per heavy atom. The topological polar surface area (TPSA) is 71.1 Å². The highest BCUT2D eigenvalue weighted by molar-refractivity contribution is 5.96. The van der Waals surface area contributed by atoms with E-state index in [-0.39, 0.29) is 18.4 Å². The number of benzene rings is 2. The van der Waals surface area contributed by atoms with Crippen LogP contribution in [0.4, 0.5) is 0 Å². The molecule has 166 valence electrons. The molecule has 0 radical (unpaired) electrons. The fourth-order valence-electron chi connectivity index (χ4n) is 3.51. The Bertz CT molecular complexity index is 844. The normalized spacial score (nSPS) is 14.2. The van der Waals surface area contributed by atoms with E-state index in [2.05, 4.69) is 22.3 Å². The van der Waals surface area contributed by atoms with Crippen LogP contribution in [0.5, 0.6) is 11.5 Å². The number of carbonyl (C=O) groups is 2. The van der Waals surface area contributed by atoms with Gasteiger partial charge in [-0.25, -0.2) is 0 Å². The molecule has 3 rings (SSSR count). The van der Waals surface area contributed by atoms with Gasteiger partial charge in [-0.2, -0.15) is 0 Å². The summed E-state index contributed by atoms with van der Waals surface area (Å²) in [6, 6.07) is 15.1. The first-order valence-corrected chi connectivity index (χ1v) is 10.8. The molecule has 1 fully saturated rings. The minimum Gasteiger partial charge on any atom is -0.494 e. The van der Waals surface area contributed by atoms with E-state index in [0.29, 0.717) is 31.9 Å². The van der Waals surface area contributed by atoms with Crippen molar-refractivity contribution in [2.75, 3.05) is 45.9 Å². The number of nitrogens with one attached hydrogen (secondary N) is 1. The summed E-state index contributed by atoms with van der Waals surface area (Å²) in [7, 11) is 0. The molecule has 0 aliphatic carbocycles. The van der Waals surface area contributed by atoms with Crippen molar-refractivity contribution in [2.45, 2.75) is 20.4 Å². The SMILES string of the molecule is CCOc1ccc(CN2CCN(C(=O)CNC(=O)c3ccc(OCC)cc3)CC2)cc1. The molecule has 2 aromatic carbocycles. The van der Waals surface area contributed by atoms with Crippen LogP contribution < -0.4 is 14.8 Å². The average molecular weight is 426 g/mol. The molecule has 31 heavy (non-hydrogen) atoms. The Morgan fingerprint density at radius 3 is 1.94 bits per heavy atom. The molecule has 0 spiro atoms. The number of rotatable bonds is 9. The summed E-state index contributed by atoms with van der Waals surface area (Å²) in [5.74, 6) is 1.29. The van der Waals surface area contributed by atoms with Gasteiger partial charge in [0.05, 0.1) is 19.8 Å². The van der Waals surface area contributed by atoms with Gasteiger partial charge in [-0.15, -0.1) is 0 Å². The molecule has 0 bridgehead atoms. The van der Waals surface area contributed by atoms with Crippen LogP contribution in [0.1, 0.15) is 29.8 Å². The summed E-state index contributed by atoms with van der Waals surface area (Å²) >= 11 is 0. The fourth-order valence-corrected chi connectivity index (χ4v) is 3.51. The van der Waals surface area contributed by atoms with Crippen molar-refractivity contribution in [3.05, 3.63) is 59.7 Å². The van der Waals surface area contributed by atoms with Crippen LogP contribution >= 0.6 is 0 Å². The number of amides is 2. The first kappa shape index (κ1) is 22.6. The standard InChI is InChI=1S/C24H31N3O4/c1-3-30-21-9-5-19(6-10-21)18-26-13-15-27(16-14-26)23(28)17-25-24(29)20-7-11-22(12-8-20)31-4-2/h5-12H,3-4,13-18H2,1-2H3,(H,25,29). The molecule has 7 nitrogen and oxygen atoms in total. The zero-order valence-electron chi connectivity index (χ0n) is 18.3. The minimum absolute atomic E-state index is 0.00490. The van der Waals surface area contributed by atoms with E-state index in [0.717, 1.165) is 31.1 Å². The second-order valence-corrected chi connectivity index (χ2v) is 7.37. The van der Waals surface area contributed by atoms with Crippen molar-refractivity contribution in [2.24, 2.45) is 0 Å². The molecule has 0 atom stereocenters. The lowest BCUT2D eigenvalue weighted by Gasteiger charge is -2.34.